The number of nitrogens with two attached hydrogens (primary N) is 1. The minimum Gasteiger partial charge on any atom is -0.329 e. The molecular formula is C18H22N2. The van der Waals surface area contributed by atoms with E-state index in [1.165, 1.54) is 22.3 Å². The Bertz CT molecular complexity index is 566. The number of benzene rings is 2. The van der Waals surface area contributed by atoms with Gasteiger partial charge in [0.1, 0.15) is 0 Å². The zero-order chi connectivity index (χ0) is 13.9. The topological polar surface area (TPSA) is 29.3 Å². The third-order valence-electron chi connectivity index (χ3n) is 4.32. The predicted molar refractivity (Wildman–Crippen MR) is 83.3 cm³/mol. The summed E-state index contributed by atoms with van der Waals surface area (Å²) in [5.41, 5.74) is 11.8. The molecule has 20 heavy (non-hydrogen) atoms. The van der Waals surface area contributed by atoms with Crippen molar-refractivity contribution in [2.45, 2.75) is 32.5 Å². The number of hydrogen-bond donors (Lipinski definition) is 1. The van der Waals surface area contributed by atoms with Gasteiger partial charge >= 0.3 is 0 Å². The molecule has 0 saturated heterocycles. The lowest BCUT2D eigenvalue weighted by molar-refractivity contribution is 0.204. The Balaban J connectivity index is 1.89. The van der Waals surface area contributed by atoms with Gasteiger partial charge in [-0.05, 0) is 28.7 Å². The summed E-state index contributed by atoms with van der Waals surface area (Å²) in [6, 6.07) is 17.7. The molecular weight excluding hydrogens is 244 g/mol. The van der Waals surface area contributed by atoms with Crippen molar-refractivity contribution in [3.63, 3.8) is 0 Å². The highest BCUT2D eigenvalue weighted by Gasteiger charge is 2.26. The van der Waals surface area contributed by atoms with Gasteiger partial charge in [-0.2, -0.15) is 0 Å². The molecule has 0 fully saturated rings. The highest BCUT2D eigenvalue weighted by atomic mass is 15.2. The monoisotopic (exact) mass is 266 g/mol. The lowest BCUT2D eigenvalue weighted by Gasteiger charge is -2.28. The van der Waals surface area contributed by atoms with Crippen molar-refractivity contribution < 1.29 is 0 Å². The molecule has 2 N–H and O–H groups in total. The van der Waals surface area contributed by atoms with E-state index in [2.05, 4.69) is 60.4 Å². The van der Waals surface area contributed by atoms with E-state index in [1.807, 2.05) is 0 Å². The standard InChI is InChI=1S/C18H22N2/c1-2-14-7-5-6-10-17(14)18(11-19)20-12-15-8-3-4-9-16(15)13-20/h3-10,18H,2,11-13,19H2,1H3. The second-order valence-corrected chi connectivity index (χ2v) is 5.48. The maximum atomic E-state index is 6.10. The molecule has 0 spiro atoms. The molecule has 2 aromatic rings. The van der Waals surface area contributed by atoms with Crippen LogP contribution in [0.5, 0.6) is 0 Å². The molecule has 0 amide bonds. The van der Waals surface area contributed by atoms with Gasteiger partial charge in [0.2, 0.25) is 0 Å². The van der Waals surface area contributed by atoms with Crippen LogP contribution in [0.25, 0.3) is 0 Å². The maximum Gasteiger partial charge on any atom is 0.0480 e. The molecule has 1 aliphatic rings. The Morgan fingerprint density at radius 3 is 2.20 bits per heavy atom. The van der Waals surface area contributed by atoms with Gasteiger partial charge in [-0.3, -0.25) is 4.90 Å². The molecule has 1 unspecified atom stereocenters. The Morgan fingerprint density at radius 2 is 1.60 bits per heavy atom. The van der Waals surface area contributed by atoms with Crippen molar-refractivity contribution in [1.29, 1.82) is 0 Å². The highest BCUT2D eigenvalue weighted by molar-refractivity contribution is 5.34. The van der Waals surface area contributed by atoms with Crippen LogP contribution >= 0.6 is 0 Å². The van der Waals surface area contributed by atoms with Crippen LogP contribution in [0.1, 0.15) is 35.2 Å². The summed E-state index contributed by atoms with van der Waals surface area (Å²) in [4.78, 5) is 2.50. The van der Waals surface area contributed by atoms with Gasteiger partial charge in [0.15, 0.2) is 0 Å². The van der Waals surface area contributed by atoms with Gasteiger partial charge in [0.05, 0.1) is 0 Å². The molecule has 0 radical (unpaired) electrons. The fourth-order valence-corrected chi connectivity index (χ4v) is 3.23. The summed E-state index contributed by atoms with van der Waals surface area (Å²) < 4.78 is 0. The molecule has 0 bridgehead atoms. The molecule has 2 aromatic carbocycles. The molecule has 0 aliphatic carbocycles. The number of hydrogen-bond acceptors (Lipinski definition) is 2. The van der Waals surface area contributed by atoms with Crippen molar-refractivity contribution in [1.82, 2.24) is 4.90 Å². The molecule has 3 rings (SSSR count). The van der Waals surface area contributed by atoms with Crippen LogP contribution in [0, 0.1) is 0 Å². The second-order valence-electron chi connectivity index (χ2n) is 5.48. The van der Waals surface area contributed by atoms with Crippen LogP contribution in [0.2, 0.25) is 0 Å². The smallest absolute Gasteiger partial charge is 0.0480 e. The van der Waals surface area contributed by atoms with Gasteiger partial charge in [0.25, 0.3) is 0 Å². The van der Waals surface area contributed by atoms with Gasteiger partial charge in [-0.15, -0.1) is 0 Å². The first-order valence-electron chi connectivity index (χ1n) is 7.42. The summed E-state index contributed by atoms with van der Waals surface area (Å²) in [7, 11) is 0. The molecule has 104 valence electrons. The number of nitrogens with zero attached hydrogens (tertiary/aromatic N) is 1. The van der Waals surface area contributed by atoms with Crippen LogP contribution in [0.3, 0.4) is 0 Å². The van der Waals surface area contributed by atoms with E-state index in [4.69, 9.17) is 5.73 Å². The number of rotatable bonds is 4. The van der Waals surface area contributed by atoms with E-state index < -0.39 is 0 Å². The highest BCUT2D eigenvalue weighted by Crippen LogP contribution is 2.32. The van der Waals surface area contributed by atoms with Crippen LogP contribution in [0.4, 0.5) is 0 Å². The van der Waals surface area contributed by atoms with Crippen LogP contribution in [-0.2, 0) is 19.5 Å². The average Bonchev–Trinajstić information content (AvgIpc) is 2.92. The maximum absolute atomic E-state index is 6.10. The Hall–Kier alpha value is -1.64. The molecule has 1 atom stereocenters. The molecule has 2 nitrogen and oxygen atoms in total. The Morgan fingerprint density at radius 1 is 1.00 bits per heavy atom. The summed E-state index contributed by atoms with van der Waals surface area (Å²) in [6.45, 7) is 4.91. The number of aryl methyl sites for hydroxylation is 1. The first-order valence-corrected chi connectivity index (χ1v) is 7.42. The summed E-state index contributed by atoms with van der Waals surface area (Å²) in [5.74, 6) is 0. The van der Waals surface area contributed by atoms with E-state index in [1.54, 1.807) is 0 Å². The molecule has 1 heterocycles. The van der Waals surface area contributed by atoms with E-state index in [0.29, 0.717) is 12.6 Å². The van der Waals surface area contributed by atoms with Crippen molar-refractivity contribution in [3.05, 3.63) is 70.8 Å². The van der Waals surface area contributed by atoms with E-state index in [0.717, 1.165) is 19.5 Å². The van der Waals surface area contributed by atoms with Gasteiger partial charge in [0, 0.05) is 25.7 Å². The fourth-order valence-electron chi connectivity index (χ4n) is 3.23. The molecule has 0 aromatic heterocycles. The zero-order valence-electron chi connectivity index (χ0n) is 12.0. The Kier molecular flexibility index (Phi) is 3.86. The molecule has 1 aliphatic heterocycles. The van der Waals surface area contributed by atoms with E-state index >= 15 is 0 Å². The van der Waals surface area contributed by atoms with Crippen molar-refractivity contribution in [2.75, 3.05) is 6.54 Å². The summed E-state index contributed by atoms with van der Waals surface area (Å²) in [5, 5.41) is 0. The average molecular weight is 266 g/mol. The van der Waals surface area contributed by atoms with Crippen LogP contribution in [-0.4, -0.2) is 11.4 Å². The Labute approximate surface area is 121 Å². The molecule has 0 saturated carbocycles. The van der Waals surface area contributed by atoms with Crippen molar-refractivity contribution in [2.24, 2.45) is 5.73 Å². The molecule has 2 heteroatoms. The minimum atomic E-state index is 0.318. The van der Waals surface area contributed by atoms with Gasteiger partial charge in [-0.25, -0.2) is 0 Å². The SMILES string of the molecule is CCc1ccccc1C(CN)N1Cc2ccccc2C1. The van der Waals surface area contributed by atoms with E-state index in [-0.39, 0.29) is 0 Å². The normalized spacial score (nSPS) is 16.1. The first kappa shape index (κ1) is 13.3. The predicted octanol–water partition coefficient (Wildman–Crippen LogP) is 3.26. The zero-order valence-corrected chi connectivity index (χ0v) is 12.0. The van der Waals surface area contributed by atoms with Crippen molar-refractivity contribution >= 4 is 0 Å². The summed E-state index contributed by atoms with van der Waals surface area (Å²) >= 11 is 0. The summed E-state index contributed by atoms with van der Waals surface area (Å²) in [6.07, 6.45) is 1.06. The first-order chi connectivity index (χ1) is 9.83. The third kappa shape index (κ3) is 2.37. The number of fused-ring (bicyclic) bond motifs is 1. The lowest BCUT2D eigenvalue weighted by atomic mass is 9.97. The van der Waals surface area contributed by atoms with Crippen molar-refractivity contribution in [3.8, 4) is 0 Å². The van der Waals surface area contributed by atoms with Gasteiger partial charge in [-0.1, -0.05) is 55.5 Å². The minimum absolute atomic E-state index is 0.318. The van der Waals surface area contributed by atoms with E-state index in [9.17, 15) is 0 Å². The second kappa shape index (κ2) is 5.78. The quantitative estimate of drug-likeness (QED) is 0.920. The third-order valence-corrected chi connectivity index (χ3v) is 4.32. The van der Waals surface area contributed by atoms with Crippen LogP contribution in [0.15, 0.2) is 48.5 Å². The fraction of sp³-hybridized carbons (Fsp3) is 0.333. The van der Waals surface area contributed by atoms with Gasteiger partial charge < -0.3 is 5.73 Å². The lowest BCUT2D eigenvalue weighted by Crippen LogP contribution is -2.30. The van der Waals surface area contributed by atoms with Crippen LogP contribution < -0.4 is 5.73 Å². The largest absolute Gasteiger partial charge is 0.329 e.